The van der Waals surface area contributed by atoms with Gasteiger partial charge in [0.15, 0.2) is 11.0 Å². The lowest BCUT2D eigenvalue weighted by molar-refractivity contribution is -0.148. The molecule has 0 aliphatic carbocycles. The molecule has 6 amide bonds. The Kier molecular flexibility index (Phi) is 16.2. The van der Waals surface area contributed by atoms with Crippen LogP contribution in [-0.2, 0) is 50.2 Å². The highest BCUT2D eigenvalue weighted by molar-refractivity contribution is 7.87. The monoisotopic (exact) mass is 737 g/mol. The maximum atomic E-state index is 13.6. The summed E-state index contributed by atoms with van der Waals surface area (Å²) in [6.45, 7) is 9.92. The number of likely N-dealkylation sites (tertiary alicyclic amines) is 1. The van der Waals surface area contributed by atoms with Gasteiger partial charge in [-0.05, 0) is 48.8 Å². The van der Waals surface area contributed by atoms with Crippen molar-refractivity contribution in [2.75, 3.05) is 18.4 Å². The van der Waals surface area contributed by atoms with Crippen molar-refractivity contribution in [2.45, 2.75) is 91.5 Å². The van der Waals surface area contributed by atoms with Crippen LogP contribution in [-0.4, -0.2) is 83.7 Å². The van der Waals surface area contributed by atoms with Gasteiger partial charge < -0.3 is 26.4 Å². The molecule has 0 saturated carbocycles. The summed E-state index contributed by atoms with van der Waals surface area (Å²) < 4.78 is 39.7. The molecule has 1 saturated heterocycles. The van der Waals surface area contributed by atoms with Gasteiger partial charge in [-0.2, -0.15) is 8.42 Å². The molecule has 1 fully saturated rings. The second kappa shape index (κ2) is 19.3. The molecular weight excluding hydrogens is 686 g/mol. The minimum atomic E-state index is -5.03. The van der Waals surface area contributed by atoms with Crippen molar-refractivity contribution in [3.63, 3.8) is 0 Å². The second-order valence-corrected chi connectivity index (χ2v) is 15.3. The van der Waals surface area contributed by atoms with Gasteiger partial charge in [-0.3, -0.25) is 38.2 Å². The summed E-state index contributed by atoms with van der Waals surface area (Å²) in [7, 11) is -5.03. The number of nitrogens with two attached hydrogens (primary N) is 1. The van der Waals surface area contributed by atoms with E-state index in [2.05, 4.69) is 16.0 Å². The van der Waals surface area contributed by atoms with Gasteiger partial charge in [0.1, 0.15) is 6.61 Å². The molecule has 0 radical (unpaired) electrons. The number of ketones is 1. The van der Waals surface area contributed by atoms with Gasteiger partial charge in [0.25, 0.3) is 10.1 Å². The van der Waals surface area contributed by atoms with Crippen LogP contribution in [0, 0.1) is 29.6 Å². The first kappa shape index (κ1) is 42.8. The van der Waals surface area contributed by atoms with Crippen molar-refractivity contribution in [1.29, 1.82) is 0 Å². The third kappa shape index (κ3) is 13.4. The summed E-state index contributed by atoms with van der Waals surface area (Å²) in [5.74, 6) is -6.21. The SMILES string of the molecule is CC(C)C(=O)OCc1ccc(NC(=O)[C@H](CCCNC(N)=O)CC(=O)[C@@H](NC(=O)[C@@H](CCN2C(=O)CC(C(C)C)C2=O)S(=O)(=O)O)C(C)C)cc1. The zero-order valence-electron chi connectivity index (χ0n) is 30.0. The van der Waals surface area contributed by atoms with E-state index in [9.17, 15) is 46.5 Å². The molecule has 1 aromatic carbocycles. The van der Waals surface area contributed by atoms with Gasteiger partial charge in [0, 0.05) is 43.5 Å². The summed E-state index contributed by atoms with van der Waals surface area (Å²) in [6, 6.07) is 4.49. The highest BCUT2D eigenvalue weighted by Gasteiger charge is 2.42. The number of amides is 6. The van der Waals surface area contributed by atoms with Crippen molar-refractivity contribution in [3.05, 3.63) is 29.8 Å². The fraction of sp³-hybridized carbons (Fsp3) is 0.618. The second-order valence-electron chi connectivity index (χ2n) is 13.7. The van der Waals surface area contributed by atoms with Crippen LogP contribution in [0.2, 0.25) is 0 Å². The minimum Gasteiger partial charge on any atom is -0.461 e. The smallest absolute Gasteiger partial charge is 0.312 e. The Hall–Kier alpha value is -4.38. The Balaban J connectivity index is 2.18. The number of rotatable bonds is 20. The molecule has 6 N–H and O–H groups in total. The number of urea groups is 1. The number of Topliss-reactive ketones (excluding diaryl/α,β-unsaturated/α-hetero) is 1. The minimum absolute atomic E-state index is 0.0443. The number of esters is 1. The van der Waals surface area contributed by atoms with Crippen LogP contribution >= 0.6 is 0 Å². The molecular formula is C34H51N5O11S. The number of primary amides is 1. The predicted octanol–water partition coefficient (Wildman–Crippen LogP) is 2.17. The van der Waals surface area contributed by atoms with Gasteiger partial charge in [-0.25, -0.2) is 4.79 Å². The van der Waals surface area contributed by atoms with E-state index in [-0.39, 0.29) is 56.6 Å². The highest BCUT2D eigenvalue weighted by Crippen LogP contribution is 2.27. The quantitative estimate of drug-likeness (QED) is 0.0561. The Morgan fingerprint density at radius 3 is 2.12 bits per heavy atom. The van der Waals surface area contributed by atoms with Crippen molar-refractivity contribution in [2.24, 2.45) is 35.3 Å². The number of ether oxygens (including phenoxy) is 1. The Morgan fingerprint density at radius 1 is 0.980 bits per heavy atom. The van der Waals surface area contributed by atoms with Crippen LogP contribution < -0.4 is 21.7 Å². The third-order valence-electron chi connectivity index (χ3n) is 8.58. The maximum absolute atomic E-state index is 13.6. The first-order valence-corrected chi connectivity index (χ1v) is 18.5. The first-order chi connectivity index (χ1) is 23.7. The molecule has 1 heterocycles. The van der Waals surface area contributed by atoms with Crippen molar-refractivity contribution in [1.82, 2.24) is 15.5 Å². The zero-order chi connectivity index (χ0) is 38.6. The molecule has 17 heteroatoms. The van der Waals surface area contributed by atoms with E-state index in [1.165, 1.54) is 0 Å². The van der Waals surface area contributed by atoms with E-state index in [1.807, 2.05) is 0 Å². The number of carbonyl (C=O) groups excluding carboxylic acids is 7. The number of nitrogens with one attached hydrogen (secondary N) is 3. The van der Waals surface area contributed by atoms with E-state index in [0.717, 1.165) is 4.90 Å². The Bertz CT molecular complexity index is 1540. The number of nitrogens with zero attached hydrogens (tertiary/aromatic N) is 1. The van der Waals surface area contributed by atoms with Crippen molar-refractivity contribution >= 4 is 57.2 Å². The molecule has 4 atom stereocenters. The van der Waals surface area contributed by atoms with Gasteiger partial charge in [-0.15, -0.1) is 0 Å². The number of carbonyl (C=O) groups is 7. The number of hydrogen-bond donors (Lipinski definition) is 5. The van der Waals surface area contributed by atoms with E-state index in [0.29, 0.717) is 11.3 Å². The van der Waals surface area contributed by atoms with Crippen molar-refractivity contribution < 1.29 is 51.3 Å². The first-order valence-electron chi connectivity index (χ1n) is 17.0. The van der Waals surface area contributed by atoms with Gasteiger partial charge >= 0.3 is 12.0 Å². The Labute approximate surface area is 298 Å². The average molecular weight is 738 g/mol. The zero-order valence-corrected chi connectivity index (χ0v) is 30.8. The molecule has 0 spiro atoms. The van der Waals surface area contributed by atoms with Gasteiger partial charge in [-0.1, -0.05) is 53.7 Å². The molecule has 1 unspecified atom stereocenters. The molecule has 1 aliphatic rings. The number of imide groups is 1. The molecule has 284 valence electrons. The molecule has 51 heavy (non-hydrogen) atoms. The van der Waals surface area contributed by atoms with Crippen LogP contribution in [0.15, 0.2) is 24.3 Å². The largest absolute Gasteiger partial charge is 0.461 e. The molecule has 2 rings (SSSR count). The molecule has 0 aromatic heterocycles. The standard InChI is InChI=1S/C34H51N5O11S/c1-19(2)25-17-28(41)39(32(25)44)15-13-27(51(47,48)49)31(43)38-29(20(3)4)26(40)16-23(8-7-14-36-34(35)46)30(42)37-24-11-9-22(10-12-24)18-50-33(45)21(5)6/h9-12,19-21,23,25,27,29H,7-8,13-18H2,1-6H3,(H,37,42)(H,38,43)(H3,35,36,46)(H,47,48,49)/t23-,25?,27-,29+/m1/s1. The van der Waals surface area contributed by atoms with Crippen LogP contribution in [0.3, 0.4) is 0 Å². The molecule has 1 aromatic rings. The predicted molar refractivity (Wildman–Crippen MR) is 186 cm³/mol. The lowest BCUT2D eigenvalue weighted by Crippen LogP contribution is -2.51. The lowest BCUT2D eigenvalue weighted by atomic mass is 9.89. The highest BCUT2D eigenvalue weighted by atomic mass is 32.2. The summed E-state index contributed by atoms with van der Waals surface area (Å²) in [5.41, 5.74) is 6.21. The van der Waals surface area contributed by atoms with E-state index in [4.69, 9.17) is 10.5 Å². The molecule has 16 nitrogen and oxygen atoms in total. The van der Waals surface area contributed by atoms with E-state index in [1.54, 1.807) is 65.8 Å². The summed E-state index contributed by atoms with van der Waals surface area (Å²) in [6.07, 6.45) is -0.620. The normalized spacial score (nSPS) is 16.6. The number of hydrogen-bond acceptors (Lipinski definition) is 10. The lowest BCUT2D eigenvalue weighted by Gasteiger charge is -2.26. The third-order valence-corrected chi connectivity index (χ3v) is 9.75. The molecule has 0 bridgehead atoms. The summed E-state index contributed by atoms with van der Waals surface area (Å²) in [5, 5.41) is 5.48. The van der Waals surface area contributed by atoms with Crippen LogP contribution in [0.1, 0.15) is 79.2 Å². The summed E-state index contributed by atoms with van der Waals surface area (Å²) >= 11 is 0. The average Bonchev–Trinajstić information content (AvgIpc) is 3.32. The number of anilines is 1. The van der Waals surface area contributed by atoms with E-state index < -0.39 is 87.6 Å². The number of benzene rings is 1. The topological polar surface area (TPSA) is 248 Å². The van der Waals surface area contributed by atoms with Crippen LogP contribution in [0.25, 0.3) is 0 Å². The molecule has 1 aliphatic heterocycles. The van der Waals surface area contributed by atoms with Crippen LogP contribution in [0.5, 0.6) is 0 Å². The fourth-order valence-electron chi connectivity index (χ4n) is 5.50. The van der Waals surface area contributed by atoms with Gasteiger partial charge in [0.05, 0.1) is 12.0 Å². The summed E-state index contributed by atoms with van der Waals surface area (Å²) in [4.78, 5) is 89.3. The fourth-order valence-corrected chi connectivity index (χ4v) is 6.24. The Morgan fingerprint density at radius 2 is 1.61 bits per heavy atom. The van der Waals surface area contributed by atoms with Crippen molar-refractivity contribution in [3.8, 4) is 0 Å². The van der Waals surface area contributed by atoms with Crippen LogP contribution in [0.4, 0.5) is 10.5 Å². The van der Waals surface area contributed by atoms with Gasteiger partial charge in [0.2, 0.25) is 23.6 Å². The van der Waals surface area contributed by atoms with E-state index >= 15 is 0 Å². The maximum Gasteiger partial charge on any atom is 0.312 e.